The van der Waals surface area contributed by atoms with E-state index in [0.29, 0.717) is 18.4 Å². The maximum atomic E-state index is 8.97. The van der Waals surface area contributed by atoms with Crippen molar-refractivity contribution in [1.29, 1.82) is 0 Å². The van der Waals surface area contributed by atoms with E-state index < -0.39 is 0 Å². The smallest absolute Gasteiger partial charge is 0.154 e. The van der Waals surface area contributed by atoms with Gasteiger partial charge in [0.05, 0.1) is 12.8 Å². The predicted octanol–water partition coefficient (Wildman–Crippen LogP) is 6.18. The average Bonchev–Trinajstić information content (AvgIpc) is 3.81. The highest BCUT2D eigenvalue weighted by molar-refractivity contribution is 6.12. The monoisotopic (exact) mass is 454 g/mol. The number of hydrogen-bond donors (Lipinski definition) is 1. The Morgan fingerprint density at radius 2 is 1.88 bits per heavy atom. The minimum absolute atomic E-state index is 0.516. The van der Waals surface area contributed by atoms with E-state index in [1.807, 2.05) is 18.2 Å². The fourth-order valence-corrected chi connectivity index (χ4v) is 4.02. The van der Waals surface area contributed by atoms with Gasteiger partial charge in [0.2, 0.25) is 0 Å². The van der Waals surface area contributed by atoms with Crippen LogP contribution in [0.3, 0.4) is 0 Å². The number of hydrogen-bond acceptors (Lipinski definition) is 5. The second kappa shape index (κ2) is 11.1. The van der Waals surface area contributed by atoms with Gasteiger partial charge in [-0.2, -0.15) is 0 Å². The molecule has 1 aromatic carbocycles. The van der Waals surface area contributed by atoms with Crippen molar-refractivity contribution in [3.8, 4) is 0 Å². The zero-order valence-corrected chi connectivity index (χ0v) is 19.9. The van der Waals surface area contributed by atoms with E-state index in [9.17, 15) is 0 Å². The van der Waals surface area contributed by atoms with Gasteiger partial charge in [-0.3, -0.25) is 4.99 Å². The molecule has 1 aromatic rings. The first-order valence-electron chi connectivity index (χ1n) is 12.1. The molecule has 2 aliphatic carbocycles. The van der Waals surface area contributed by atoms with Crippen molar-refractivity contribution < 1.29 is 5.11 Å². The van der Waals surface area contributed by atoms with Gasteiger partial charge in [-0.05, 0) is 61.3 Å². The Balaban J connectivity index is 1.47. The Kier molecular flexibility index (Phi) is 7.73. The summed E-state index contributed by atoms with van der Waals surface area (Å²) in [6.45, 7) is 14.3. The molecule has 1 heterocycles. The van der Waals surface area contributed by atoms with E-state index in [4.69, 9.17) is 15.1 Å². The lowest BCUT2D eigenvalue weighted by molar-refractivity contribution is 0.339. The molecule has 0 amide bonds. The van der Waals surface area contributed by atoms with E-state index in [-0.39, 0.29) is 0 Å². The second-order valence-electron chi connectivity index (χ2n) is 9.10. The molecule has 5 nitrogen and oxygen atoms in total. The van der Waals surface area contributed by atoms with Gasteiger partial charge in [-0.15, -0.1) is 0 Å². The van der Waals surface area contributed by atoms with Crippen LogP contribution in [0.1, 0.15) is 43.2 Å². The van der Waals surface area contributed by atoms with Crippen molar-refractivity contribution in [3.63, 3.8) is 0 Å². The van der Waals surface area contributed by atoms with Crippen molar-refractivity contribution in [2.24, 2.45) is 26.8 Å². The summed E-state index contributed by atoms with van der Waals surface area (Å²) >= 11 is 0. The molecular weight excluding hydrogens is 420 g/mol. The molecule has 0 unspecified atom stereocenters. The average molecular weight is 455 g/mol. The van der Waals surface area contributed by atoms with Gasteiger partial charge >= 0.3 is 0 Å². The normalized spacial score (nSPS) is 18.6. The first kappa shape index (κ1) is 23.7. The number of rotatable bonds is 13. The Morgan fingerprint density at radius 1 is 1.12 bits per heavy atom. The maximum absolute atomic E-state index is 8.97. The van der Waals surface area contributed by atoms with Gasteiger partial charge < -0.3 is 10.0 Å². The molecule has 5 heteroatoms. The molecule has 176 valence electrons. The van der Waals surface area contributed by atoms with Gasteiger partial charge in [0.25, 0.3) is 0 Å². The zero-order valence-electron chi connectivity index (χ0n) is 19.9. The van der Waals surface area contributed by atoms with Gasteiger partial charge in [0, 0.05) is 36.0 Å². The fourth-order valence-electron chi connectivity index (χ4n) is 4.02. The number of amidine groups is 1. The quantitative estimate of drug-likeness (QED) is 0.220. The van der Waals surface area contributed by atoms with E-state index in [2.05, 4.69) is 53.9 Å². The number of aliphatic hydroxyl groups excluding tert-OH is 1. The highest BCUT2D eigenvalue weighted by atomic mass is 16.2. The summed E-state index contributed by atoms with van der Waals surface area (Å²) in [7, 11) is 0. The molecule has 0 radical (unpaired) electrons. The summed E-state index contributed by atoms with van der Waals surface area (Å²) in [5.74, 6) is 2.78. The topological polar surface area (TPSA) is 60.5 Å². The fraction of sp³-hybridized carbons (Fsp3) is 0.345. The van der Waals surface area contributed by atoms with Crippen LogP contribution in [0.2, 0.25) is 0 Å². The van der Waals surface area contributed by atoms with Crippen molar-refractivity contribution >= 4 is 17.3 Å². The molecule has 0 aromatic heterocycles. The third kappa shape index (κ3) is 6.31. The van der Waals surface area contributed by atoms with Crippen LogP contribution in [-0.2, 0) is 6.54 Å². The Labute approximate surface area is 203 Å². The van der Waals surface area contributed by atoms with Gasteiger partial charge in [0.1, 0.15) is 5.82 Å². The van der Waals surface area contributed by atoms with Gasteiger partial charge in [0.15, 0.2) is 5.84 Å². The number of allylic oxidation sites excluding steroid dienone is 4. The van der Waals surface area contributed by atoms with E-state index in [1.165, 1.54) is 37.0 Å². The lowest BCUT2D eigenvalue weighted by atomic mass is 10.1. The summed E-state index contributed by atoms with van der Waals surface area (Å²) in [5, 5.41) is 8.97. The Bertz CT molecular complexity index is 1080. The Morgan fingerprint density at radius 3 is 2.50 bits per heavy atom. The molecule has 0 saturated heterocycles. The molecule has 2 saturated carbocycles. The molecule has 0 spiro atoms. The molecule has 4 rings (SSSR count). The molecule has 34 heavy (non-hydrogen) atoms. The SMILES string of the molecule is C=C/C(=C\C=C\O)CCN(Cc1ccc(C2=NCC(C3CC3)=N2)cc1)C(=C)/N=C(\C=C)C1CC1. The first-order chi connectivity index (χ1) is 16.6. The highest BCUT2D eigenvalue weighted by Crippen LogP contribution is 2.33. The lowest BCUT2D eigenvalue weighted by Crippen LogP contribution is -2.23. The van der Waals surface area contributed by atoms with Crippen molar-refractivity contribution in [2.45, 2.75) is 38.6 Å². The van der Waals surface area contributed by atoms with Crippen molar-refractivity contribution in [3.05, 3.63) is 97.1 Å². The first-order valence-corrected chi connectivity index (χ1v) is 12.1. The van der Waals surface area contributed by atoms with Crippen LogP contribution in [-0.4, -0.2) is 40.4 Å². The molecule has 0 atom stereocenters. The molecule has 2 fully saturated rings. The largest absolute Gasteiger partial charge is 0.516 e. The maximum Gasteiger partial charge on any atom is 0.154 e. The van der Waals surface area contributed by atoms with Crippen LogP contribution < -0.4 is 0 Å². The second-order valence-corrected chi connectivity index (χ2v) is 9.10. The summed E-state index contributed by atoms with van der Waals surface area (Å²) in [6, 6.07) is 8.50. The number of aliphatic hydroxyl groups is 1. The van der Waals surface area contributed by atoms with Crippen LogP contribution in [0, 0.1) is 11.8 Å². The lowest BCUT2D eigenvalue weighted by Gasteiger charge is -2.25. The third-order valence-corrected chi connectivity index (χ3v) is 6.43. The molecule has 0 bridgehead atoms. The summed E-state index contributed by atoms with van der Waals surface area (Å²) < 4.78 is 0. The van der Waals surface area contributed by atoms with Crippen LogP contribution in [0.15, 0.2) is 101 Å². The van der Waals surface area contributed by atoms with Crippen LogP contribution in [0.4, 0.5) is 0 Å². The number of benzene rings is 1. The van der Waals surface area contributed by atoms with Crippen LogP contribution in [0.25, 0.3) is 0 Å². The summed E-state index contributed by atoms with van der Waals surface area (Å²) in [6.07, 6.45) is 13.8. The summed E-state index contributed by atoms with van der Waals surface area (Å²) in [4.78, 5) is 16.4. The van der Waals surface area contributed by atoms with Gasteiger partial charge in [-0.25, -0.2) is 9.98 Å². The van der Waals surface area contributed by atoms with E-state index in [0.717, 1.165) is 54.3 Å². The standard InChI is InChI=1S/C29H34N4O/c1-4-22(7-6-18-34)16-17-33(21(3)31-27(5-2)24-12-13-24)20-23-8-10-26(11-9-23)29-30-19-28(32-29)25-14-15-25/h4-11,18,24-25,34H,1-3,12-17,19-20H2/b18-6+,22-7+,31-27+. The minimum Gasteiger partial charge on any atom is -0.516 e. The van der Waals surface area contributed by atoms with Crippen molar-refractivity contribution in [1.82, 2.24) is 4.90 Å². The van der Waals surface area contributed by atoms with E-state index >= 15 is 0 Å². The molecular formula is C29H34N4O. The third-order valence-electron chi connectivity index (χ3n) is 6.43. The Hall–Kier alpha value is -3.47. The van der Waals surface area contributed by atoms with Gasteiger partial charge in [-0.1, -0.05) is 56.2 Å². The number of aliphatic imine (C=N–C) groups is 3. The van der Waals surface area contributed by atoms with Crippen LogP contribution >= 0.6 is 0 Å². The highest BCUT2D eigenvalue weighted by Gasteiger charge is 2.30. The zero-order chi connectivity index (χ0) is 23.9. The predicted molar refractivity (Wildman–Crippen MR) is 143 cm³/mol. The molecule has 1 N–H and O–H groups in total. The van der Waals surface area contributed by atoms with Crippen molar-refractivity contribution in [2.75, 3.05) is 13.1 Å². The minimum atomic E-state index is 0.516. The summed E-state index contributed by atoms with van der Waals surface area (Å²) in [5.41, 5.74) is 5.55. The molecule has 1 aliphatic heterocycles. The molecule has 3 aliphatic rings. The van der Waals surface area contributed by atoms with E-state index in [1.54, 1.807) is 6.08 Å². The van der Waals surface area contributed by atoms with Crippen LogP contribution in [0.5, 0.6) is 0 Å². The number of nitrogens with zero attached hydrogens (tertiary/aromatic N) is 4.